The second-order valence-corrected chi connectivity index (χ2v) is 5.48. The number of hydrogen-bond donors (Lipinski definition) is 0. The minimum absolute atomic E-state index is 0.234. The highest BCUT2D eigenvalue weighted by Crippen LogP contribution is 2.33. The van der Waals surface area contributed by atoms with E-state index in [4.69, 9.17) is 4.74 Å². The van der Waals surface area contributed by atoms with Crippen molar-refractivity contribution in [2.45, 2.75) is 11.8 Å². The van der Waals surface area contributed by atoms with E-state index < -0.39 is 0 Å². The largest absolute Gasteiger partial charge is 0.468 e. The first-order valence-corrected chi connectivity index (χ1v) is 7.63. The molecule has 0 aliphatic rings. The van der Waals surface area contributed by atoms with Crippen molar-refractivity contribution in [2.75, 3.05) is 19.5 Å². The lowest BCUT2D eigenvalue weighted by Crippen LogP contribution is -2.06. The van der Waals surface area contributed by atoms with Crippen molar-refractivity contribution in [2.24, 2.45) is 0 Å². The summed E-state index contributed by atoms with van der Waals surface area (Å²) < 4.78 is 9.50. The molecule has 0 spiro atoms. The first kappa shape index (κ1) is 14.9. The fraction of sp³-hybridized carbons (Fsp3) is 0.333. The SMILES string of the molecule is CCOC(=O)c1ccccc1SSCC(=O)OC. The minimum Gasteiger partial charge on any atom is -0.468 e. The summed E-state index contributed by atoms with van der Waals surface area (Å²) in [7, 11) is 4.03. The Morgan fingerprint density at radius 2 is 2.00 bits per heavy atom. The number of methoxy groups -OCH3 is 1. The van der Waals surface area contributed by atoms with Gasteiger partial charge >= 0.3 is 11.9 Å². The summed E-state index contributed by atoms with van der Waals surface area (Å²) in [6.07, 6.45) is 0. The molecule has 0 fully saturated rings. The Bertz CT molecular complexity index is 420. The predicted molar refractivity (Wildman–Crippen MR) is 72.7 cm³/mol. The lowest BCUT2D eigenvalue weighted by atomic mass is 10.2. The molecule has 1 rings (SSSR count). The number of rotatable bonds is 6. The maximum absolute atomic E-state index is 11.7. The number of ether oxygens (including phenoxy) is 2. The van der Waals surface area contributed by atoms with Crippen molar-refractivity contribution in [3.63, 3.8) is 0 Å². The number of hydrogen-bond acceptors (Lipinski definition) is 6. The number of esters is 2. The molecule has 1 aromatic carbocycles. The van der Waals surface area contributed by atoms with Crippen LogP contribution >= 0.6 is 21.6 Å². The molecular weight excluding hydrogens is 272 g/mol. The van der Waals surface area contributed by atoms with Gasteiger partial charge in [0.25, 0.3) is 0 Å². The van der Waals surface area contributed by atoms with Crippen LogP contribution in [0.5, 0.6) is 0 Å². The van der Waals surface area contributed by atoms with Crippen LogP contribution in [0.3, 0.4) is 0 Å². The third-order valence-corrected chi connectivity index (χ3v) is 4.19. The minimum atomic E-state index is -0.348. The normalized spacial score (nSPS) is 9.89. The van der Waals surface area contributed by atoms with Crippen LogP contribution in [0.2, 0.25) is 0 Å². The number of carbonyl (C=O) groups excluding carboxylic acids is 2. The maximum atomic E-state index is 11.7. The molecule has 0 unspecified atom stereocenters. The van der Waals surface area contributed by atoms with Crippen LogP contribution in [-0.2, 0) is 14.3 Å². The summed E-state index contributed by atoms with van der Waals surface area (Å²) in [5, 5.41) is 0. The van der Waals surface area contributed by atoms with E-state index in [1.54, 1.807) is 19.1 Å². The zero-order chi connectivity index (χ0) is 13.4. The molecular formula is C12H14O4S2. The van der Waals surface area contributed by atoms with E-state index in [2.05, 4.69) is 4.74 Å². The fourth-order valence-corrected chi connectivity index (χ4v) is 3.17. The van der Waals surface area contributed by atoms with E-state index in [1.807, 2.05) is 12.1 Å². The summed E-state index contributed by atoms with van der Waals surface area (Å²) in [4.78, 5) is 23.4. The first-order valence-electron chi connectivity index (χ1n) is 5.31. The first-order chi connectivity index (χ1) is 8.69. The van der Waals surface area contributed by atoms with Crippen LogP contribution < -0.4 is 0 Å². The summed E-state index contributed by atoms with van der Waals surface area (Å²) >= 11 is 0. The van der Waals surface area contributed by atoms with Crippen LogP contribution in [0.4, 0.5) is 0 Å². The smallest absolute Gasteiger partial charge is 0.339 e. The van der Waals surface area contributed by atoms with Crippen molar-refractivity contribution in [3.8, 4) is 0 Å². The quantitative estimate of drug-likeness (QED) is 0.592. The van der Waals surface area contributed by atoms with Gasteiger partial charge in [-0.1, -0.05) is 33.7 Å². The molecule has 4 nitrogen and oxygen atoms in total. The molecule has 6 heteroatoms. The summed E-state index contributed by atoms with van der Waals surface area (Å²) in [5.41, 5.74) is 0.515. The predicted octanol–water partition coefficient (Wildman–Crippen LogP) is 2.78. The van der Waals surface area contributed by atoms with Crippen molar-refractivity contribution in [1.82, 2.24) is 0 Å². The second-order valence-electron chi connectivity index (χ2n) is 3.14. The van der Waals surface area contributed by atoms with Crippen molar-refractivity contribution >= 4 is 33.5 Å². The second kappa shape index (κ2) is 8.05. The zero-order valence-corrected chi connectivity index (χ0v) is 11.8. The van der Waals surface area contributed by atoms with E-state index in [1.165, 1.54) is 28.7 Å². The molecule has 0 heterocycles. The lowest BCUT2D eigenvalue weighted by molar-refractivity contribution is -0.137. The van der Waals surface area contributed by atoms with E-state index in [-0.39, 0.29) is 17.7 Å². The molecule has 98 valence electrons. The summed E-state index contributed by atoms with van der Waals surface area (Å²) in [5.74, 6) is -0.404. The van der Waals surface area contributed by atoms with E-state index in [0.29, 0.717) is 12.2 Å². The van der Waals surface area contributed by atoms with Gasteiger partial charge in [-0.3, -0.25) is 4.79 Å². The van der Waals surface area contributed by atoms with E-state index in [0.717, 1.165) is 4.90 Å². The molecule has 0 aromatic heterocycles. The van der Waals surface area contributed by atoms with Crippen LogP contribution in [0, 0.1) is 0 Å². The highest BCUT2D eigenvalue weighted by molar-refractivity contribution is 8.76. The Balaban J connectivity index is 2.64. The third kappa shape index (κ3) is 4.62. The molecule has 0 saturated heterocycles. The fourth-order valence-electron chi connectivity index (χ4n) is 1.12. The van der Waals surface area contributed by atoms with Crippen LogP contribution in [0.1, 0.15) is 17.3 Å². The molecule has 0 aliphatic carbocycles. The summed E-state index contributed by atoms with van der Waals surface area (Å²) in [6.45, 7) is 2.10. The lowest BCUT2D eigenvalue weighted by Gasteiger charge is -2.07. The molecule has 0 bridgehead atoms. The van der Waals surface area contributed by atoms with Gasteiger partial charge in [0.1, 0.15) is 5.75 Å². The summed E-state index contributed by atoms with van der Waals surface area (Å²) in [6, 6.07) is 7.14. The van der Waals surface area contributed by atoms with Crippen molar-refractivity contribution in [1.29, 1.82) is 0 Å². The van der Waals surface area contributed by atoms with Gasteiger partial charge in [0.2, 0.25) is 0 Å². The molecule has 1 aromatic rings. The van der Waals surface area contributed by atoms with E-state index >= 15 is 0 Å². The highest BCUT2D eigenvalue weighted by atomic mass is 33.1. The van der Waals surface area contributed by atoms with Gasteiger partial charge in [0, 0.05) is 4.90 Å². The van der Waals surface area contributed by atoms with Crippen molar-refractivity contribution < 1.29 is 19.1 Å². The molecule has 0 N–H and O–H groups in total. The van der Waals surface area contributed by atoms with Gasteiger partial charge in [-0.05, 0) is 19.1 Å². The Morgan fingerprint density at radius 3 is 2.67 bits per heavy atom. The zero-order valence-electron chi connectivity index (χ0n) is 10.2. The average molecular weight is 286 g/mol. The molecule has 18 heavy (non-hydrogen) atoms. The maximum Gasteiger partial charge on any atom is 0.339 e. The van der Waals surface area contributed by atoms with Gasteiger partial charge < -0.3 is 9.47 Å². The molecule has 0 radical (unpaired) electrons. The van der Waals surface area contributed by atoms with Crippen LogP contribution in [0.15, 0.2) is 29.2 Å². The van der Waals surface area contributed by atoms with E-state index in [9.17, 15) is 9.59 Å². The van der Waals surface area contributed by atoms with Gasteiger partial charge in [0.15, 0.2) is 0 Å². The molecule has 0 aliphatic heterocycles. The monoisotopic (exact) mass is 286 g/mol. The average Bonchev–Trinajstić information content (AvgIpc) is 2.39. The van der Waals surface area contributed by atoms with Crippen LogP contribution in [0.25, 0.3) is 0 Å². The van der Waals surface area contributed by atoms with Gasteiger partial charge in [0.05, 0.1) is 19.3 Å². The van der Waals surface area contributed by atoms with Crippen LogP contribution in [-0.4, -0.2) is 31.4 Å². The number of benzene rings is 1. The third-order valence-electron chi connectivity index (χ3n) is 1.94. The Labute approximate surface area is 114 Å². The van der Waals surface area contributed by atoms with Gasteiger partial charge in [-0.15, -0.1) is 0 Å². The van der Waals surface area contributed by atoms with Crippen molar-refractivity contribution in [3.05, 3.63) is 29.8 Å². The van der Waals surface area contributed by atoms with Gasteiger partial charge in [-0.2, -0.15) is 0 Å². The Hall–Kier alpha value is -1.14. The Morgan fingerprint density at radius 1 is 1.28 bits per heavy atom. The highest BCUT2D eigenvalue weighted by Gasteiger charge is 2.12. The molecule has 0 amide bonds. The molecule has 0 atom stereocenters. The topological polar surface area (TPSA) is 52.6 Å². The number of carbonyl (C=O) groups is 2. The Kier molecular flexibility index (Phi) is 6.67. The van der Waals surface area contributed by atoms with Gasteiger partial charge in [-0.25, -0.2) is 4.79 Å². The molecule has 0 saturated carbocycles. The standard InChI is InChI=1S/C12H14O4S2/c1-3-16-12(14)9-6-4-5-7-10(9)18-17-8-11(13)15-2/h4-7H,3,8H2,1-2H3.